The molecule has 0 amide bonds. The van der Waals surface area contributed by atoms with Gasteiger partial charge in [0.2, 0.25) is 0 Å². The number of nitriles is 1. The van der Waals surface area contributed by atoms with Crippen molar-refractivity contribution in [1.29, 1.82) is 5.26 Å². The van der Waals surface area contributed by atoms with Crippen LogP contribution in [0.2, 0.25) is 0 Å². The van der Waals surface area contributed by atoms with Crippen LogP contribution in [0, 0.1) is 18.3 Å². The molecule has 1 heterocycles. The van der Waals surface area contributed by atoms with Gasteiger partial charge in [0.15, 0.2) is 0 Å². The molecule has 2 rings (SSSR count). The maximum atomic E-state index is 9.57. The lowest BCUT2D eigenvalue weighted by atomic mass is 9.89. The van der Waals surface area contributed by atoms with Crippen LogP contribution in [0.3, 0.4) is 0 Å². The smallest absolute Gasteiger partial charge is 0.131 e. The Morgan fingerprint density at radius 2 is 1.71 bits per heavy atom. The molecule has 0 radical (unpaired) electrons. The van der Waals surface area contributed by atoms with Crippen LogP contribution < -0.4 is 0 Å². The van der Waals surface area contributed by atoms with E-state index < -0.39 is 5.54 Å². The second-order valence-corrected chi connectivity index (χ2v) is 5.10. The zero-order valence-corrected chi connectivity index (χ0v) is 10.7. The van der Waals surface area contributed by atoms with E-state index in [4.69, 9.17) is 0 Å². The molecule has 0 saturated carbocycles. The summed E-state index contributed by atoms with van der Waals surface area (Å²) in [6.07, 6.45) is 3.72. The van der Waals surface area contributed by atoms with Crippen LogP contribution in [0.1, 0.15) is 37.3 Å². The van der Waals surface area contributed by atoms with Crippen molar-refractivity contribution in [2.75, 3.05) is 13.1 Å². The van der Waals surface area contributed by atoms with E-state index in [2.05, 4.69) is 42.2 Å². The van der Waals surface area contributed by atoms with Crippen molar-refractivity contribution in [3.8, 4) is 6.07 Å². The number of benzene rings is 1. The lowest BCUT2D eigenvalue weighted by molar-refractivity contribution is 0.123. The van der Waals surface area contributed by atoms with Crippen LogP contribution in [0.25, 0.3) is 0 Å². The Labute approximate surface area is 104 Å². The average Bonchev–Trinajstić information content (AvgIpc) is 2.40. The summed E-state index contributed by atoms with van der Waals surface area (Å²) in [4.78, 5) is 2.32. The van der Waals surface area contributed by atoms with Gasteiger partial charge < -0.3 is 0 Å². The minimum atomic E-state index is -0.464. The van der Waals surface area contributed by atoms with E-state index in [1.807, 2.05) is 6.92 Å². The van der Waals surface area contributed by atoms with Crippen LogP contribution in [0.4, 0.5) is 0 Å². The molecular formula is C15H20N2. The molecule has 1 aromatic rings. The highest BCUT2D eigenvalue weighted by Crippen LogP contribution is 2.30. The van der Waals surface area contributed by atoms with Gasteiger partial charge in [0.1, 0.15) is 5.54 Å². The molecule has 1 saturated heterocycles. The first-order valence-corrected chi connectivity index (χ1v) is 6.40. The molecule has 0 bridgehead atoms. The van der Waals surface area contributed by atoms with Crippen molar-refractivity contribution >= 4 is 0 Å². The summed E-state index contributed by atoms with van der Waals surface area (Å²) in [6, 6.07) is 10.9. The fraction of sp³-hybridized carbons (Fsp3) is 0.533. The van der Waals surface area contributed by atoms with Gasteiger partial charge in [0.05, 0.1) is 6.07 Å². The highest BCUT2D eigenvalue weighted by atomic mass is 15.2. The maximum Gasteiger partial charge on any atom is 0.131 e. The van der Waals surface area contributed by atoms with Crippen LogP contribution in [-0.4, -0.2) is 18.0 Å². The van der Waals surface area contributed by atoms with Crippen LogP contribution in [-0.2, 0) is 5.54 Å². The number of piperidine rings is 1. The number of likely N-dealkylation sites (tertiary alicyclic amines) is 1. The summed E-state index contributed by atoms with van der Waals surface area (Å²) in [6.45, 7) is 6.20. The quantitative estimate of drug-likeness (QED) is 0.777. The van der Waals surface area contributed by atoms with Gasteiger partial charge in [-0.15, -0.1) is 0 Å². The monoisotopic (exact) mass is 228 g/mol. The van der Waals surface area contributed by atoms with Crippen LogP contribution in [0.5, 0.6) is 0 Å². The first kappa shape index (κ1) is 12.1. The zero-order valence-electron chi connectivity index (χ0n) is 10.7. The van der Waals surface area contributed by atoms with E-state index in [0.717, 1.165) is 18.7 Å². The van der Waals surface area contributed by atoms with Crippen molar-refractivity contribution in [2.45, 2.75) is 38.6 Å². The fourth-order valence-corrected chi connectivity index (χ4v) is 2.54. The van der Waals surface area contributed by atoms with Gasteiger partial charge >= 0.3 is 0 Å². The molecule has 1 unspecified atom stereocenters. The molecule has 17 heavy (non-hydrogen) atoms. The molecule has 1 aliphatic rings. The Hall–Kier alpha value is -1.33. The molecule has 1 aromatic carbocycles. The van der Waals surface area contributed by atoms with Crippen LogP contribution >= 0.6 is 0 Å². The minimum absolute atomic E-state index is 0.464. The van der Waals surface area contributed by atoms with Gasteiger partial charge in [-0.05, 0) is 45.3 Å². The Kier molecular flexibility index (Phi) is 3.49. The molecule has 1 fully saturated rings. The Bertz CT molecular complexity index is 410. The molecule has 0 aromatic heterocycles. The van der Waals surface area contributed by atoms with Gasteiger partial charge in [-0.1, -0.05) is 36.2 Å². The Morgan fingerprint density at radius 3 is 2.24 bits per heavy atom. The number of rotatable bonds is 2. The summed E-state index contributed by atoms with van der Waals surface area (Å²) < 4.78 is 0. The topological polar surface area (TPSA) is 27.0 Å². The van der Waals surface area contributed by atoms with Crippen molar-refractivity contribution < 1.29 is 0 Å². The summed E-state index contributed by atoms with van der Waals surface area (Å²) >= 11 is 0. The normalized spacial score (nSPS) is 20.5. The number of aryl methyl sites for hydroxylation is 1. The summed E-state index contributed by atoms with van der Waals surface area (Å²) in [5.74, 6) is 0. The SMILES string of the molecule is Cc1ccc(C(C)(C#N)N2CCCCC2)cc1. The lowest BCUT2D eigenvalue weighted by Gasteiger charge is -2.38. The molecule has 0 spiro atoms. The van der Waals surface area contributed by atoms with Gasteiger partial charge in [-0.3, -0.25) is 4.90 Å². The predicted molar refractivity (Wildman–Crippen MR) is 69.6 cm³/mol. The second-order valence-electron chi connectivity index (χ2n) is 5.10. The summed E-state index contributed by atoms with van der Waals surface area (Å²) in [5, 5.41) is 9.57. The number of hydrogen-bond donors (Lipinski definition) is 0. The molecule has 2 heteroatoms. The predicted octanol–water partition coefficient (Wildman–Crippen LogP) is 3.22. The molecular weight excluding hydrogens is 208 g/mol. The third kappa shape index (κ3) is 2.35. The molecule has 2 nitrogen and oxygen atoms in total. The summed E-state index contributed by atoms with van der Waals surface area (Å²) in [7, 11) is 0. The van der Waals surface area contributed by atoms with Crippen molar-refractivity contribution in [3.63, 3.8) is 0 Å². The van der Waals surface area contributed by atoms with Crippen molar-refractivity contribution in [1.82, 2.24) is 4.90 Å². The third-order valence-electron chi connectivity index (χ3n) is 3.82. The Balaban J connectivity index is 2.30. The number of nitrogens with zero attached hydrogens (tertiary/aromatic N) is 2. The van der Waals surface area contributed by atoms with Crippen molar-refractivity contribution in [3.05, 3.63) is 35.4 Å². The average molecular weight is 228 g/mol. The molecule has 0 aliphatic carbocycles. The van der Waals surface area contributed by atoms with Crippen LogP contribution in [0.15, 0.2) is 24.3 Å². The molecule has 0 N–H and O–H groups in total. The van der Waals surface area contributed by atoms with Gasteiger partial charge in [-0.25, -0.2) is 0 Å². The Morgan fingerprint density at radius 1 is 1.12 bits per heavy atom. The first-order valence-electron chi connectivity index (χ1n) is 6.40. The van der Waals surface area contributed by atoms with Crippen molar-refractivity contribution in [2.24, 2.45) is 0 Å². The largest absolute Gasteiger partial charge is 0.282 e. The van der Waals surface area contributed by atoms with E-state index in [1.54, 1.807) is 0 Å². The first-order chi connectivity index (χ1) is 8.16. The summed E-state index contributed by atoms with van der Waals surface area (Å²) in [5.41, 5.74) is 1.90. The van der Waals surface area contributed by atoms with E-state index in [0.29, 0.717) is 0 Å². The second kappa shape index (κ2) is 4.89. The highest BCUT2D eigenvalue weighted by molar-refractivity contribution is 5.32. The third-order valence-corrected chi connectivity index (χ3v) is 3.82. The van der Waals surface area contributed by atoms with Gasteiger partial charge in [0, 0.05) is 0 Å². The number of hydrogen-bond acceptors (Lipinski definition) is 2. The molecule has 1 aliphatic heterocycles. The molecule has 90 valence electrons. The van der Waals surface area contributed by atoms with E-state index >= 15 is 0 Å². The standard InChI is InChI=1S/C15H20N2/c1-13-6-8-14(9-7-13)15(2,12-16)17-10-4-3-5-11-17/h6-9H,3-5,10-11H2,1-2H3. The van der Waals surface area contributed by atoms with E-state index in [-0.39, 0.29) is 0 Å². The zero-order chi connectivity index (χ0) is 12.3. The highest BCUT2D eigenvalue weighted by Gasteiger charge is 2.34. The molecule has 1 atom stereocenters. The minimum Gasteiger partial charge on any atom is -0.282 e. The van der Waals surface area contributed by atoms with E-state index in [1.165, 1.54) is 24.8 Å². The van der Waals surface area contributed by atoms with Gasteiger partial charge in [-0.2, -0.15) is 5.26 Å². The lowest BCUT2D eigenvalue weighted by Crippen LogP contribution is -2.45. The van der Waals surface area contributed by atoms with E-state index in [9.17, 15) is 5.26 Å². The maximum absolute atomic E-state index is 9.57. The van der Waals surface area contributed by atoms with Gasteiger partial charge in [0.25, 0.3) is 0 Å². The fourth-order valence-electron chi connectivity index (χ4n) is 2.54.